The molecule has 1 heterocycles. The van der Waals surface area contributed by atoms with E-state index in [1.807, 2.05) is 5.01 Å². The van der Waals surface area contributed by atoms with Crippen molar-refractivity contribution in [2.75, 3.05) is 47.4 Å². The second-order valence-electron chi connectivity index (χ2n) is 4.80. The zero-order chi connectivity index (χ0) is 14.5. The van der Waals surface area contributed by atoms with E-state index in [0.29, 0.717) is 17.1 Å². The highest BCUT2D eigenvalue weighted by Crippen LogP contribution is 2.23. The van der Waals surface area contributed by atoms with E-state index in [4.69, 9.17) is 9.47 Å². The number of rotatable bonds is 4. The van der Waals surface area contributed by atoms with Crippen LogP contribution in [0.5, 0.6) is 11.5 Å². The summed E-state index contributed by atoms with van der Waals surface area (Å²) in [5.74, 6) is 0.997. The van der Waals surface area contributed by atoms with Crippen molar-refractivity contribution in [3.8, 4) is 11.5 Å². The molecule has 0 aliphatic carbocycles. The molecule has 2 rings (SSSR count). The molecule has 0 bridgehead atoms. The van der Waals surface area contributed by atoms with E-state index in [1.165, 1.54) is 0 Å². The maximum absolute atomic E-state index is 12.3. The number of hydrogen-bond donors (Lipinski definition) is 1. The molecule has 0 radical (unpaired) electrons. The van der Waals surface area contributed by atoms with Crippen molar-refractivity contribution in [2.45, 2.75) is 0 Å². The Morgan fingerprint density at radius 2 is 1.85 bits per heavy atom. The number of likely N-dealkylation sites (N-methyl/N-ethyl adjacent to an activating group) is 1. The molecular weight excluding hydrogens is 258 g/mol. The van der Waals surface area contributed by atoms with Crippen LogP contribution in [0.25, 0.3) is 0 Å². The second-order valence-corrected chi connectivity index (χ2v) is 4.80. The largest absolute Gasteiger partial charge is 0.497 e. The van der Waals surface area contributed by atoms with Gasteiger partial charge in [0.05, 0.1) is 19.8 Å². The minimum Gasteiger partial charge on any atom is -0.497 e. The molecular formula is C14H21N3O3. The van der Waals surface area contributed by atoms with Crippen molar-refractivity contribution in [3.63, 3.8) is 0 Å². The van der Waals surface area contributed by atoms with Gasteiger partial charge in [0.25, 0.3) is 5.91 Å². The molecule has 110 valence electrons. The molecule has 6 nitrogen and oxygen atoms in total. The van der Waals surface area contributed by atoms with Crippen molar-refractivity contribution in [1.29, 1.82) is 0 Å². The Morgan fingerprint density at radius 3 is 2.45 bits per heavy atom. The lowest BCUT2D eigenvalue weighted by molar-refractivity contribution is 0.0659. The van der Waals surface area contributed by atoms with E-state index in [9.17, 15) is 4.79 Å². The van der Waals surface area contributed by atoms with Crippen LogP contribution in [0.1, 0.15) is 10.4 Å². The molecule has 1 aromatic carbocycles. The summed E-state index contributed by atoms with van der Waals surface area (Å²) >= 11 is 0. The maximum Gasteiger partial charge on any atom is 0.269 e. The molecule has 1 N–H and O–H groups in total. The summed E-state index contributed by atoms with van der Waals surface area (Å²) in [6.45, 7) is 3.51. The third kappa shape index (κ3) is 3.40. The predicted octanol–water partition coefficient (Wildman–Crippen LogP) is 0.596. The van der Waals surface area contributed by atoms with Crippen LogP contribution in [-0.2, 0) is 0 Å². The van der Waals surface area contributed by atoms with Gasteiger partial charge in [0.15, 0.2) is 0 Å². The smallest absolute Gasteiger partial charge is 0.269 e. The van der Waals surface area contributed by atoms with Gasteiger partial charge in [-0.25, -0.2) is 5.01 Å². The van der Waals surface area contributed by atoms with Gasteiger partial charge in [0, 0.05) is 26.2 Å². The number of ether oxygens (including phenoxy) is 2. The molecule has 0 saturated carbocycles. The summed E-state index contributed by atoms with van der Waals surface area (Å²) in [4.78, 5) is 14.6. The molecule has 0 unspecified atom stereocenters. The summed E-state index contributed by atoms with van der Waals surface area (Å²) in [5.41, 5.74) is 3.39. The molecule has 1 aromatic rings. The summed E-state index contributed by atoms with van der Waals surface area (Å²) in [5, 5.41) is 1.93. The highest BCUT2D eigenvalue weighted by molar-refractivity contribution is 5.97. The van der Waals surface area contributed by atoms with Crippen LogP contribution >= 0.6 is 0 Å². The summed E-state index contributed by atoms with van der Waals surface area (Å²) in [6.07, 6.45) is 0. The van der Waals surface area contributed by atoms with Crippen molar-refractivity contribution in [2.24, 2.45) is 0 Å². The van der Waals surface area contributed by atoms with Crippen LogP contribution in [0, 0.1) is 0 Å². The first-order chi connectivity index (χ1) is 9.63. The molecule has 0 spiro atoms. The number of amides is 1. The Balaban J connectivity index is 2.08. The van der Waals surface area contributed by atoms with E-state index in [1.54, 1.807) is 32.4 Å². The Morgan fingerprint density at radius 1 is 1.15 bits per heavy atom. The highest BCUT2D eigenvalue weighted by atomic mass is 16.5. The third-order valence-corrected chi connectivity index (χ3v) is 3.41. The minimum absolute atomic E-state index is 0.176. The average Bonchev–Trinajstić information content (AvgIpc) is 2.48. The molecule has 0 atom stereocenters. The van der Waals surface area contributed by atoms with Gasteiger partial charge in [-0.15, -0.1) is 0 Å². The quantitative estimate of drug-likeness (QED) is 0.874. The van der Waals surface area contributed by atoms with Crippen LogP contribution < -0.4 is 14.9 Å². The topological polar surface area (TPSA) is 54.0 Å². The Bertz CT molecular complexity index is 471. The van der Waals surface area contributed by atoms with E-state index in [0.717, 1.165) is 26.2 Å². The van der Waals surface area contributed by atoms with E-state index in [2.05, 4.69) is 17.4 Å². The lowest BCUT2D eigenvalue weighted by Gasteiger charge is -2.32. The number of benzene rings is 1. The zero-order valence-electron chi connectivity index (χ0n) is 12.2. The first kappa shape index (κ1) is 14.6. The Labute approximate surface area is 119 Å². The van der Waals surface area contributed by atoms with E-state index < -0.39 is 0 Å². The Hall–Kier alpha value is -1.79. The van der Waals surface area contributed by atoms with Crippen molar-refractivity contribution >= 4 is 5.91 Å². The molecule has 1 aliphatic heterocycles. The molecule has 1 fully saturated rings. The Kier molecular flexibility index (Phi) is 4.81. The number of piperazine rings is 1. The minimum atomic E-state index is -0.176. The van der Waals surface area contributed by atoms with Gasteiger partial charge in [0.1, 0.15) is 11.5 Å². The van der Waals surface area contributed by atoms with Crippen molar-refractivity contribution in [1.82, 2.24) is 15.3 Å². The predicted molar refractivity (Wildman–Crippen MR) is 76.1 cm³/mol. The van der Waals surface area contributed by atoms with Gasteiger partial charge in [-0.2, -0.15) is 0 Å². The standard InChI is InChI=1S/C14H21N3O3/c1-16-6-8-17(9-7-16)15-14(18)12-10-11(19-2)4-5-13(12)20-3/h4-5,10H,6-9H2,1-3H3,(H,15,18). The van der Waals surface area contributed by atoms with Crippen LogP contribution in [0.3, 0.4) is 0 Å². The molecule has 20 heavy (non-hydrogen) atoms. The van der Waals surface area contributed by atoms with Gasteiger partial charge in [-0.05, 0) is 25.2 Å². The number of methoxy groups -OCH3 is 2. The molecule has 0 aromatic heterocycles. The summed E-state index contributed by atoms with van der Waals surface area (Å²) in [7, 11) is 5.20. The summed E-state index contributed by atoms with van der Waals surface area (Å²) in [6, 6.07) is 5.19. The normalized spacial score (nSPS) is 16.8. The number of hydrazine groups is 1. The average molecular weight is 279 g/mol. The molecule has 6 heteroatoms. The van der Waals surface area contributed by atoms with Crippen LogP contribution in [0.2, 0.25) is 0 Å². The van der Waals surface area contributed by atoms with Crippen molar-refractivity contribution in [3.05, 3.63) is 23.8 Å². The maximum atomic E-state index is 12.3. The van der Waals surface area contributed by atoms with Crippen LogP contribution in [0.4, 0.5) is 0 Å². The first-order valence-electron chi connectivity index (χ1n) is 6.60. The van der Waals surface area contributed by atoms with Crippen LogP contribution in [-0.4, -0.2) is 63.3 Å². The van der Waals surface area contributed by atoms with Gasteiger partial charge >= 0.3 is 0 Å². The lowest BCUT2D eigenvalue weighted by atomic mass is 10.2. The number of carbonyl (C=O) groups is 1. The molecule has 1 aliphatic rings. The number of nitrogens with zero attached hydrogens (tertiary/aromatic N) is 2. The first-order valence-corrected chi connectivity index (χ1v) is 6.60. The lowest BCUT2D eigenvalue weighted by Crippen LogP contribution is -2.52. The number of nitrogens with one attached hydrogen (secondary N) is 1. The van der Waals surface area contributed by atoms with Gasteiger partial charge < -0.3 is 14.4 Å². The number of carbonyl (C=O) groups excluding carboxylic acids is 1. The monoisotopic (exact) mass is 279 g/mol. The van der Waals surface area contributed by atoms with E-state index in [-0.39, 0.29) is 5.91 Å². The molecule has 1 saturated heterocycles. The fraction of sp³-hybridized carbons (Fsp3) is 0.500. The SMILES string of the molecule is COc1ccc(OC)c(C(=O)NN2CCN(C)CC2)c1. The summed E-state index contributed by atoms with van der Waals surface area (Å²) < 4.78 is 10.4. The van der Waals surface area contributed by atoms with Crippen LogP contribution in [0.15, 0.2) is 18.2 Å². The fourth-order valence-corrected chi connectivity index (χ4v) is 2.11. The third-order valence-electron chi connectivity index (χ3n) is 3.41. The van der Waals surface area contributed by atoms with Crippen molar-refractivity contribution < 1.29 is 14.3 Å². The van der Waals surface area contributed by atoms with Gasteiger partial charge in [0.2, 0.25) is 0 Å². The zero-order valence-corrected chi connectivity index (χ0v) is 12.2. The number of hydrogen-bond acceptors (Lipinski definition) is 5. The fourth-order valence-electron chi connectivity index (χ4n) is 2.11. The molecule has 1 amide bonds. The van der Waals surface area contributed by atoms with Gasteiger partial charge in [-0.1, -0.05) is 0 Å². The highest BCUT2D eigenvalue weighted by Gasteiger charge is 2.19. The van der Waals surface area contributed by atoms with E-state index >= 15 is 0 Å². The second kappa shape index (κ2) is 6.58. The van der Waals surface area contributed by atoms with Gasteiger partial charge in [-0.3, -0.25) is 10.2 Å².